The van der Waals surface area contributed by atoms with Gasteiger partial charge in [0.15, 0.2) is 17.5 Å². The number of nitrogens with zero attached hydrogens (tertiary/aromatic N) is 1. The zero-order valence-electron chi connectivity index (χ0n) is 17.5. The predicted molar refractivity (Wildman–Crippen MR) is 117 cm³/mol. The second-order valence-corrected chi connectivity index (χ2v) is 6.81. The van der Waals surface area contributed by atoms with Crippen molar-refractivity contribution in [3.8, 4) is 11.5 Å². The molecule has 3 N–H and O–H groups in total. The number of rotatable bonds is 7. The van der Waals surface area contributed by atoms with Crippen LogP contribution in [0.4, 0.5) is 11.4 Å². The Hall–Kier alpha value is -3.26. The maximum absolute atomic E-state index is 12.2. The number of anilines is 2. The Balaban J connectivity index is 1.58. The molecule has 1 saturated heterocycles. The lowest BCUT2D eigenvalue weighted by atomic mass is 10.2. The van der Waals surface area contributed by atoms with Gasteiger partial charge in [-0.05, 0) is 42.7 Å². The van der Waals surface area contributed by atoms with E-state index in [1.54, 1.807) is 21.3 Å². The van der Waals surface area contributed by atoms with Gasteiger partial charge in [0.25, 0.3) is 5.91 Å². The minimum absolute atomic E-state index is 0.0939. The summed E-state index contributed by atoms with van der Waals surface area (Å²) in [5.41, 5.74) is 2.58. The number of carbonyl (C=O) groups is 1. The van der Waals surface area contributed by atoms with Gasteiger partial charge in [-0.3, -0.25) is 9.79 Å². The van der Waals surface area contributed by atoms with Gasteiger partial charge in [0.1, 0.15) is 6.10 Å². The minimum Gasteiger partial charge on any atom is -0.493 e. The zero-order chi connectivity index (χ0) is 21.3. The number of hydrogen-bond donors (Lipinski definition) is 3. The second kappa shape index (κ2) is 10.5. The molecule has 30 heavy (non-hydrogen) atoms. The van der Waals surface area contributed by atoms with E-state index in [1.165, 1.54) is 0 Å². The summed E-state index contributed by atoms with van der Waals surface area (Å²) in [7, 11) is 4.90. The van der Waals surface area contributed by atoms with E-state index in [4.69, 9.17) is 14.2 Å². The van der Waals surface area contributed by atoms with Crippen LogP contribution in [0.15, 0.2) is 47.5 Å². The molecule has 0 bridgehead atoms. The van der Waals surface area contributed by atoms with Gasteiger partial charge in [0.2, 0.25) is 0 Å². The normalized spacial score (nSPS) is 16.1. The van der Waals surface area contributed by atoms with Gasteiger partial charge in [-0.1, -0.05) is 12.1 Å². The molecule has 8 nitrogen and oxygen atoms in total. The molecule has 1 aliphatic heterocycles. The van der Waals surface area contributed by atoms with Gasteiger partial charge in [0.05, 0.1) is 14.2 Å². The third kappa shape index (κ3) is 5.64. The molecule has 1 amide bonds. The number of methoxy groups -OCH3 is 2. The highest BCUT2D eigenvalue weighted by atomic mass is 16.5. The number of guanidine groups is 1. The first-order valence-electron chi connectivity index (χ1n) is 9.84. The number of ether oxygens (including phenoxy) is 3. The number of amides is 1. The third-order valence-corrected chi connectivity index (χ3v) is 4.75. The number of aliphatic imine (C=N–C) groups is 1. The highest BCUT2D eigenvalue weighted by molar-refractivity contribution is 5.95. The van der Waals surface area contributed by atoms with Crippen molar-refractivity contribution in [2.45, 2.75) is 25.5 Å². The molecular weight excluding hydrogens is 384 g/mol. The molecule has 0 aromatic heterocycles. The Bertz CT molecular complexity index is 894. The molecule has 2 aromatic carbocycles. The summed E-state index contributed by atoms with van der Waals surface area (Å²) in [5.74, 6) is 1.81. The van der Waals surface area contributed by atoms with Crippen molar-refractivity contribution in [1.29, 1.82) is 0 Å². The molecule has 1 unspecified atom stereocenters. The maximum Gasteiger partial charge on any atom is 0.253 e. The molecule has 1 fully saturated rings. The fourth-order valence-corrected chi connectivity index (χ4v) is 3.18. The molecule has 0 radical (unpaired) electrons. The summed E-state index contributed by atoms with van der Waals surface area (Å²) in [4.78, 5) is 16.5. The van der Waals surface area contributed by atoms with Crippen LogP contribution in [-0.2, 0) is 16.1 Å². The van der Waals surface area contributed by atoms with E-state index in [1.807, 2.05) is 42.5 Å². The van der Waals surface area contributed by atoms with E-state index < -0.39 is 0 Å². The van der Waals surface area contributed by atoms with Crippen LogP contribution in [0, 0.1) is 0 Å². The predicted octanol–water partition coefficient (Wildman–Crippen LogP) is 3.01. The van der Waals surface area contributed by atoms with Gasteiger partial charge >= 0.3 is 0 Å². The van der Waals surface area contributed by atoms with Crippen molar-refractivity contribution in [3.05, 3.63) is 48.0 Å². The second-order valence-electron chi connectivity index (χ2n) is 6.81. The first kappa shape index (κ1) is 21.4. The largest absolute Gasteiger partial charge is 0.493 e. The van der Waals surface area contributed by atoms with Gasteiger partial charge < -0.3 is 30.2 Å². The summed E-state index contributed by atoms with van der Waals surface area (Å²) < 4.78 is 16.0. The van der Waals surface area contributed by atoms with Crippen LogP contribution >= 0.6 is 0 Å². The molecule has 2 aromatic rings. The molecule has 160 valence electrons. The first-order chi connectivity index (χ1) is 14.6. The molecule has 1 atom stereocenters. The lowest BCUT2D eigenvalue weighted by molar-refractivity contribution is -0.124. The van der Waals surface area contributed by atoms with E-state index in [-0.39, 0.29) is 12.0 Å². The van der Waals surface area contributed by atoms with Crippen molar-refractivity contribution in [3.63, 3.8) is 0 Å². The Kier molecular flexibility index (Phi) is 7.51. The van der Waals surface area contributed by atoms with E-state index in [9.17, 15) is 4.79 Å². The Morgan fingerprint density at radius 1 is 1.10 bits per heavy atom. The van der Waals surface area contributed by atoms with E-state index in [0.717, 1.165) is 29.8 Å². The van der Waals surface area contributed by atoms with Crippen LogP contribution in [0.2, 0.25) is 0 Å². The fourth-order valence-electron chi connectivity index (χ4n) is 3.18. The van der Waals surface area contributed by atoms with Gasteiger partial charge in [-0.25, -0.2) is 0 Å². The van der Waals surface area contributed by atoms with Gasteiger partial charge in [0, 0.05) is 37.6 Å². The van der Waals surface area contributed by atoms with Crippen molar-refractivity contribution >= 4 is 23.2 Å². The van der Waals surface area contributed by atoms with Gasteiger partial charge in [-0.15, -0.1) is 0 Å². The number of carbonyl (C=O) groups excluding carboxylic acids is 1. The SMILES string of the molecule is CN=C(NCc1cccc(NC(=O)C2CCCO2)c1)Nc1ccc(OC)c(OC)c1. The summed E-state index contributed by atoms with van der Waals surface area (Å²) in [6.45, 7) is 1.19. The average molecular weight is 412 g/mol. The molecule has 1 heterocycles. The summed E-state index contributed by atoms with van der Waals surface area (Å²) >= 11 is 0. The van der Waals surface area contributed by atoms with Crippen LogP contribution < -0.4 is 25.4 Å². The van der Waals surface area contributed by atoms with Crippen LogP contribution in [0.25, 0.3) is 0 Å². The molecule has 0 aliphatic carbocycles. The zero-order valence-corrected chi connectivity index (χ0v) is 17.5. The standard InChI is InChI=1S/C22H28N4O4/c1-23-22(26-17-9-10-18(28-2)20(13-17)29-3)24-14-15-6-4-7-16(12-15)25-21(27)19-8-5-11-30-19/h4,6-7,9-10,12-13,19H,5,8,11,14H2,1-3H3,(H,25,27)(H2,23,24,26). The smallest absolute Gasteiger partial charge is 0.253 e. The summed E-state index contributed by atoms with van der Waals surface area (Å²) in [6.07, 6.45) is 1.34. The number of nitrogens with one attached hydrogen (secondary N) is 3. The quantitative estimate of drug-likeness (QED) is 0.478. The number of hydrogen-bond acceptors (Lipinski definition) is 5. The third-order valence-electron chi connectivity index (χ3n) is 4.75. The number of benzene rings is 2. The first-order valence-corrected chi connectivity index (χ1v) is 9.84. The van der Waals surface area contributed by atoms with Crippen LogP contribution in [-0.4, -0.2) is 45.8 Å². The molecule has 0 saturated carbocycles. The highest BCUT2D eigenvalue weighted by Gasteiger charge is 2.23. The van der Waals surface area contributed by atoms with Crippen molar-refractivity contribution in [2.75, 3.05) is 38.5 Å². The molecule has 1 aliphatic rings. The fraction of sp³-hybridized carbons (Fsp3) is 0.364. The van der Waals surface area contributed by atoms with Crippen molar-refractivity contribution in [2.24, 2.45) is 4.99 Å². The monoisotopic (exact) mass is 412 g/mol. The van der Waals surface area contributed by atoms with Crippen LogP contribution in [0.1, 0.15) is 18.4 Å². The van der Waals surface area contributed by atoms with Gasteiger partial charge in [-0.2, -0.15) is 0 Å². The Morgan fingerprint density at radius 2 is 1.90 bits per heavy atom. The van der Waals surface area contributed by atoms with Crippen LogP contribution in [0.5, 0.6) is 11.5 Å². The average Bonchev–Trinajstić information content (AvgIpc) is 3.32. The van der Waals surface area contributed by atoms with E-state index >= 15 is 0 Å². The Morgan fingerprint density at radius 3 is 2.60 bits per heavy atom. The maximum atomic E-state index is 12.2. The Labute approximate surface area is 176 Å². The van der Waals surface area contributed by atoms with E-state index in [2.05, 4.69) is 20.9 Å². The topological polar surface area (TPSA) is 93.2 Å². The summed E-state index contributed by atoms with van der Waals surface area (Å²) in [5, 5.41) is 9.42. The lowest BCUT2D eigenvalue weighted by Gasteiger charge is -2.15. The molecule has 3 rings (SSSR count). The summed E-state index contributed by atoms with van der Waals surface area (Å²) in [6, 6.07) is 13.2. The van der Waals surface area contributed by atoms with Crippen molar-refractivity contribution in [1.82, 2.24) is 5.32 Å². The molecule has 8 heteroatoms. The van der Waals surface area contributed by atoms with E-state index in [0.29, 0.717) is 30.6 Å². The van der Waals surface area contributed by atoms with Crippen LogP contribution in [0.3, 0.4) is 0 Å². The molecular formula is C22H28N4O4. The molecule has 0 spiro atoms. The lowest BCUT2D eigenvalue weighted by Crippen LogP contribution is -2.30. The minimum atomic E-state index is -0.351. The van der Waals surface area contributed by atoms with Crippen molar-refractivity contribution < 1.29 is 19.0 Å². The highest BCUT2D eigenvalue weighted by Crippen LogP contribution is 2.29.